The van der Waals surface area contributed by atoms with Crippen LogP contribution in [-0.2, 0) is 6.54 Å². The van der Waals surface area contributed by atoms with Crippen molar-refractivity contribution >= 4 is 0 Å². The molecule has 1 unspecified atom stereocenters. The molecule has 0 aliphatic heterocycles. The molecule has 1 atom stereocenters. The molecule has 0 aliphatic rings. The molecule has 0 saturated carbocycles. The average molecular weight is 257 g/mol. The maximum absolute atomic E-state index is 9.34. The van der Waals surface area contributed by atoms with Gasteiger partial charge in [-0.25, -0.2) is 0 Å². The first-order valence-corrected chi connectivity index (χ1v) is 6.44. The van der Waals surface area contributed by atoms with E-state index < -0.39 is 0 Å². The predicted octanol–water partition coefficient (Wildman–Crippen LogP) is 2.22. The zero-order valence-corrected chi connectivity index (χ0v) is 10.8. The lowest BCUT2D eigenvalue weighted by molar-refractivity contribution is 0.182. The number of rotatable bonds is 7. The molecule has 2 N–H and O–H groups in total. The first kappa shape index (κ1) is 13.6. The molecule has 0 fully saturated rings. The molecule has 100 valence electrons. The first-order valence-electron chi connectivity index (χ1n) is 6.44. The van der Waals surface area contributed by atoms with E-state index in [1.54, 1.807) is 0 Å². The normalized spacial score (nSPS) is 12.1. The molecule has 0 spiro atoms. The van der Waals surface area contributed by atoms with Crippen molar-refractivity contribution in [2.75, 3.05) is 13.2 Å². The van der Waals surface area contributed by atoms with Crippen LogP contribution in [0.4, 0.5) is 0 Å². The highest BCUT2D eigenvalue weighted by Gasteiger charge is 2.07. The van der Waals surface area contributed by atoms with Crippen LogP contribution in [0.3, 0.4) is 0 Å². The van der Waals surface area contributed by atoms with Crippen molar-refractivity contribution in [3.63, 3.8) is 0 Å². The largest absolute Gasteiger partial charge is 0.492 e. The fourth-order valence-corrected chi connectivity index (χ4v) is 1.75. The van der Waals surface area contributed by atoms with Crippen molar-refractivity contribution in [1.82, 2.24) is 5.32 Å². The number of benzene rings is 2. The second kappa shape index (κ2) is 7.56. The van der Waals surface area contributed by atoms with Crippen LogP contribution in [0.25, 0.3) is 0 Å². The Morgan fingerprint density at radius 2 is 1.58 bits per heavy atom. The van der Waals surface area contributed by atoms with Crippen molar-refractivity contribution in [2.24, 2.45) is 0 Å². The molecule has 0 amide bonds. The van der Waals surface area contributed by atoms with Crippen molar-refractivity contribution in [2.45, 2.75) is 12.6 Å². The van der Waals surface area contributed by atoms with E-state index >= 15 is 0 Å². The third-order valence-corrected chi connectivity index (χ3v) is 2.85. The number of aliphatic hydroxyl groups excluding tert-OH is 1. The lowest BCUT2D eigenvalue weighted by Crippen LogP contribution is -2.37. The maximum Gasteiger partial charge on any atom is 0.119 e. The van der Waals surface area contributed by atoms with Crippen LogP contribution in [0.5, 0.6) is 5.75 Å². The summed E-state index contributed by atoms with van der Waals surface area (Å²) in [4.78, 5) is 0. The van der Waals surface area contributed by atoms with Gasteiger partial charge in [-0.2, -0.15) is 0 Å². The van der Waals surface area contributed by atoms with Gasteiger partial charge in [0.05, 0.1) is 12.6 Å². The minimum Gasteiger partial charge on any atom is -0.492 e. The van der Waals surface area contributed by atoms with Crippen LogP contribution < -0.4 is 10.1 Å². The van der Waals surface area contributed by atoms with Crippen LogP contribution in [-0.4, -0.2) is 24.4 Å². The Morgan fingerprint density at radius 1 is 0.947 bits per heavy atom. The molecule has 0 aromatic heterocycles. The standard InChI is InChI=1S/C16H19NO2/c18-12-15(13-19-16-9-5-2-6-10-16)17-11-14-7-3-1-4-8-14/h1-10,15,17-18H,11-13H2. The Balaban J connectivity index is 1.77. The summed E-state index contributed by atoms with van der Waals surface area (Å²) in [6.07, 6.45) is 0. The number of ether oxygens (including phenoxy) is 1. The van der Waals surface area contributed by atoms with E-state index in [1.165, 1.54) is 5.56 Å². The monoisotopic (exact) mass is 257 g/mol. The summed E-state index contributed by atoms with van der Waals surface area (Å²) in [7, 11) is 0. The number of aliphatic hydroxyl groups is 1. The summed E-state index contributed by atoms with van der Waals surface area (Å²) >= 11 is 0. The quantitative estimate of drug-likeness (QED) is 0.799. The van der Waals surface area contributed by atoms with E-state index in [0.717, 1.165) is 12.3 Å². The Hall–Kier alpha value is -1.84. The fourth-order valence-electron chi connectivity index (χ4n) is 1.75. The number of hydrogen-bond donors (Lipinski definition) is 2. The van der Waals surface area contributed by atoms with Gasteiger partial charge in [0.2, 0.25) is 0 Å². The zero-order chi connectivity index (χ0) is 13.3. The van der Waals surface area contributed by atoms with E-state index in [0.29, 0.717) is 6.61 Å². The number of hydrogen-bond acceptors (Lipinski definition) is 3. The summed E-state index contributed by atoms with van der Waals surface area (Å²) < 4.78 is 5.62. The van der Waals surface area contributed by atoms with Gasteiger partial charge in [-0.1, -0.05) is 48.5 Å². The Bertz CT molecular complexity index is 415. The van der Waals surface area contributed by atoms with E-state index in [1.807, 2.05) is 48.5 Å². The molecule has 0 radical (unpaired) electrons. The van der Waals surface area contributed by atoms with Gasteiger partial charge < -0.3 is 15.2 Å². The van der Waals surface area contributed by atoms with Gasteiger partial charge in [0.15, 0.2) is 0 Å². The topological polar surface area (TPSA) is 41.5 Å². The second-order valence-electron chi connectivity index (χ2n) is 4.37. The molecule has 0 bridgehead atoms. The molecule has 3 nitrogen and oxygen atoms in total. The van der Waals surface area contributed by atoms with Crippen molar-refractivity contribution in [1.29, 1.82) is 0 Å². The molecule has 0 heterocycles. The van der Waals surface area contributed by atoms with Crippen LogP contribution in [0.1, 0.15) is 5.56 Å². The molecule has 0 saturated heterocycles. The predicted molar refractivity (Wildman–Crippen MR) is 76.1 cm³/mol. The van der Waals surface area contributed by atoms with Gasteiger partial charge in [0.25, 0.3) is 0 Å². The lowest BCUT2D eigenvalue weighted by Gasteiger charge is -2.17. The highest BCUT2D eigenvalue weighted by molar-refractivity contribution is 5.21. The summed E-state index contributed by atoms with van der Waals surface area (Å²) in [5, 5.41) is 12.6. The molecule has 3 heteroatoms. The van der Waals surface area contributed by atoms with E-state index in [-0.39, 0.29) is 12.6 Å². The maximum atomic E-state index is 9.34. The highest BCUT2D eigenvalue weighted by atomic mass is 16.5. The third-order valence-electron chi connectivity index (χ3n) is 2.85. The van der Waals surface area contributed by atoms with E-state index in [9.17, 15) is 5.11 Å². The van der Waals surface area contributed by atoms with Crippen LogP contribution in [0.15, 0.2) is 60.7 Å². The molecule has 19 heavy (non-hydrogen) atoms. The van der Waals surface area contributed by atoms with Crippen molar-refractivity contribution in [3.05, 3.63) is 66.2 Å². The smallest absolute Gasteiger partial charge is 0.119 e. The number of para-hydroxylation sites is 1. The zero-order valence-electron chi connectivity index (χ0n) is 10.8. The van der Waals surface area contributed by atoms with Crippen LogP contribution in [0, 0.1) is 0 Å². The van der Waals surface area contributed by atoms with Gasteiger partial charge in [-0.05, 0) is 17.7 Å². The highest BCUT2D eigenvalue weighted by Crippen LogP contribution is 2.08. The molecule has 0 aliphatic carbocycles. The number of nitrogens with one attached hydrogen (secondary N) is 1. The summed E-state index contributed by atoms with van der Waals surface area (Å²) in [6, 6.07) is 19.7. The van der Waals surface area contributed by atoms with Gasteiger partial charge in [-0.3, -0.25) is 0 Å². The Kier molecular flexibility index (Phi) is 5.41. The SMILES string of the molecule is OCC(COc1ccccc1)NCc1ccccc1. The minimum atomic E-state index is -0.0691. The average Bonchev–Trinajstić information content (AvgIpc) is 2.49. The molecule has 2 aromatic rings. The minimum absolute atomic E-state index is 0.0552. The van der Waals surface area contributed by atoms with Crippen LogP contribution >= 0.6 is 0 Å². The molecular formula is C16H19NO2. The fraction of sp³-hybridized carbons (Fsp3) is 0.250. The van der Waals surface area contributed by atoms with E-state index in [4.69, 9.17) is 4.74 Å². The Morgan fingerprint density at radius 3 is 2.21 bits per heavy atom. The lowest BCUT2D eigenvalue weighted by atomic mass is 10.2. The summed E-state index contributed by atoms with van der Waals surface area (Å²) in [5.74, 6) is 0.822. The van der Waals surface area contributed by atoms with Crippen molar-refractivity contribution < 1.29 is 9.84 Å². The third kappa shape index (κ3) is 4.73. The summed E-state index contributed by atoms with van der Waals surface area (Å²) in [6.45, 7) is 1.23. The van der Waals surface area contributed by atoms with Gasteiger partial charge in [0, 0.05) is 6.54 Å². The summed E-state index contributed by atoms with van der Waals surface area (Å²) in [5.41, 5.74) is 1.20. The molecule has 2 aromatic carbocycles. The second-order valence-corrected chi connectivity index (χ2v) is 4.37. The van der Waals surface area contributed by atoms with Crippen LogP contribution in [0.2, 0.25) is 0 Å². The first-order chi connectivity index (χ1) is 9.38. The van der Waals surface area contributed by atoms with E-state index in [2.05, 4.69) is 17.4 Å². The van der Waals surface area contributed by atoms with Gasteiger partial charge in [0.1, 0.15) is 12.4 Å². The molecular weight excluding hydrogens is 238 g/mol. The molecule has 2 rings (SSSR count). The Labute approximate surface area is 113 Å². The van der Waals surface area contributed by atoms with Gasteiger partial charge in [-0.15, -0.1) is 0 Å². The van der Waals surface area contributed by atoms with Crippen molar-refractivity contribution in [3.8, 4) is 5.75 Å². The van der Waals surface area contributed by atoms with Gasteiger partial charge >= 0.3 is 0 Å².